The highest BCUT2D eigenvalue weighted by atomic mass is 16.2. The summed E-state index contributed by atoms with van der Waals surface area (Å²) < 4.78 is 0. The first-order valence-corrected chi connectivity index (χ1v) is 7.43. The first-order chi connectivity index (χ1) is 10.0. The Kier molecular flexibility index (Phi) is 4.83. The van der Waals surface area contributed by atoms with E-state index in [0.717, 1.165) is 23.2 Å². The Morgan fingerprint density at radius 3 is 2.33 bits per heavy atom. The van der Waals surface area contributed by atoms with E-state index in [0.29, 0.717) is 26.2 Å². The normalized spacial score (nSPS) is 15.0. The topological polar surface area (TPSA) is 52.7 Å². The van der Waals surface area contributed by atoms with Gasteiger partial charge in [-0.15, -0.1) is 0 Å². The number of benzene rings is 1. The predicted molar refractivity (Wildman–Crippen MR) is 83.4 cm³/mol. The molecular weight excluding hydrogens is 266 g/mol. The number of anilines is 1. The Hall–Kier alpha value is -2.04. The zero-order chi connectivity index (χ0) is 15.4. The Bertz CT molecular complexity index is 534. The zero-order valence-corrected chi connectivity index (χ0v) is 13.0. The van der Waals surface area contributed by atoms with Gasteiger partial charge in [-0.3, -0.25) is 4.79 Å². The van der Waals surface area contributed by atoms with Crippen LogP contribution in [0.1, 0.15) is 25.0 Å². The van der Waals surface area contributed by atoms with Crippen molar-refractivity contribution in [2.45, 2.75) is 27.2 Å². The van der Waals surface area contributed by atoms with E-state index in [1.54, 1.807) is 16.7 Å². The van der Waals surface area contributed by atoms with Gasteiger partial charge in [0.1, 0.15) is 0 Å². The Balaban J connectivity index is 2.01. The number of carbonyl (C=O) groups is 2. The monoisotopic (exact) mass is 289 g/mol. The third-order valence-corrected chi connectivity index (χ3v) is 3.98. The van der Waals surface area contributed by atoms with Crippen molar-refractivity contribution in [3.05, 3.63) is 29.3 Å². The molecule has 0 bridgehead atoms. The molecule has 0 saturated carbocycles. The van der Waals surface area contributed by atoms with Gasteiger partial charge in [-0.05, 0) is 24.5 Å². The fourth-order valence-electron chi connectivity index (χ4n) is 2.61. The van der Waals surface area contributed by atoms with E-state index < -0.39 is 0 Å². The van der Waals surface area contributed by atoms with Crippen molar-refractivity contribution in [3.8, 4) is 0 Å². The standard InChI is InChI=1S/C16H23N3O2/c1-4-14-7-5-6-12(2)15(14)17-16(21)19-10-8-18(9-11-19)13(3)20/h5-7H,4,8-11H2,1-3H3,(H,17,21). The average Bonchev–Trinajstić information content (AvgIpc) is 2.49. The maximum atomic E-state index is 12.4. The van der Waals surface area contributed by atoms with Crippen molar-refractivity contribution in [1.82, 2.24) is 9.80 Å². The molecule has 0 aliphatic carbocycles. The van der Waals surface area contributed by atoms with Crippen LogP contribution >= 0.6 is 0 Å². The quantitative estimate of drug-likeness (QED) is 0.908. The summed E-state index contributed by atoms with van der Waals surface area (Å²) in [5.41, 5.74) is 3.13. The summed E-state index contributed by atoms with van der Waals surface area (Å²) in [6.45, 7) is 8.03. The molecule has 5 nitrogen and oxygen atoms in total. The molecule has 114 valence electrons. The summed E-state index contributed by atoms with van der Waals surface area (Å²) in [5, 5.41) is 3.03. The third kappa shape index (κ3) is 3.54. The molecule has 1 aliphatic rings. The van der Waals surface area contributed by atoms with Crippen LogP contribution in [0.15, 0.2) is 18.2 Å². The maximum absolute atomic E-state index is 12.4. The van der Waals surface area contributed by atoms with E-state index in [-0.39, 0.29) is 11.9 Å². The molecule has 0 unspecified atom stereocenters. The highest BCUT2D eigenvalue weighted by Crippen LogP contribution is 2.21. The van der Waals surface area contributed by atoms with Crippen LogP contribution in [0, 0.1) is 6.92 Å². The van der Waals surface area contributed by atoms with Crippen LogP contribution in [0.5, 0.6) is 0 Å². The molecule has 2 rings (SSSR count). The molecule has 1 fully saturated rings. The van der Waals surface area contributed by atoms with Gasteiger partial charge in [-0.1, -0.05) is 25.1 Å². The average molecular weight is 289 g/mol. The molecule has 21 heavy (non-hydrogen) atoms. The lowest BCUT2D eigenvalue weighted by molar-refractivity contribution is -0.130. The molecule has 0 radical (unpaired) electrons. The van der Waals surface area contributed by atoms with Gasteiger partial charge >= 0.3 is 6.03 Å². The Morgan fingerprint density at radius 1 is 1.14 bits per heavy atom. The SMILES string of the molecule is CCc1cccc(C)c1NC(=O)N1CCN(C(C)=O)CC1. The maximum Gasteiger partial charge on any atom is 0.321 e. The summed E-state index contributed by atoms with van der Waals surface area (Å²) in [7, 11) is 0. The van der Waals surface area contributed by atoms with Gasteiger partial charge in [0.2, 0.25) is 5.91 Å². The number of para-hydroxylation sites is 1. The number of nitrogens with one attached hydrogen (secondary N) is 1. The van der Waals surface area contributed by atoms with E-state index in [2.05, 4.69) is 12.2 Å². The molecular formula is C16H23N3O2. The van der Waals surface area contributed by atoms with Crippen LogP contribution in [0.3, 0.4) is 0 Å². The van der Waals surface area contributed by atoms with Gasteiger partial charge in [0.05, 0.1) is 0 Å². The number of hydrogen-bond acceptors (Lipinski definition) is 2. The lowest BCUT2D eigenvalue weighted by Gasteiger charge is -2.34. The molecule has 0 aromatic heterocycles. The van der Waals surface area contributed by atoms with E-state index in [4.69, 9.17) is 0 Å². The number of piperazine rings is 1. The van der Waals surface area contributed by atoms with E-state index in [1.165, 1.54) is 0 Å². The first-order valence-electron chi connectivity index (χ1n) is 7.43. The largest absolute Gasteiger partial charge is 0.339 e. The fourth-order valence-corrected chi connectivity index (χ4v) is 2.61. The highest BCUT2D eigenvalue weighted by molar-refractivity contribution is 5.91. The van der Waals surface area contributed by atoms with Gasteiger partial charge in [0, 0.05) is 38.8 Å². The number of nitrogens with zero attached hydrogens (tertiary/aromatic N) is 2. The lowest BCUT2D eigenvalue weighted by atomic mass is 10.1. The molecule has 1 aromatic rings. The summed E-state index contributed by atoms with van der Waals surface area (Å²) in [4.78, 5) is 27.2. The minimum Gasteiger partial charge on any atom is -0.339 e. The van der Waals surface area contributed by atoms with Crippen LogP contribution in [-0.4, -0.2) is 47.9 Å². The van der Waals surface area contributed by atoms with E-state index in [1.807, 2.05) is 25.1 Å². The van der Waals surface area contributed by atoms with Crippen molar-refractivity contribution in [1.29, 1.82) is 0 Å². The Labute approximate surface area is 125 Å². The smallest absolute Gasteiger partial charge is 0.321 e. The summed E-state index contributed by atoms with van der Waals surface area (Å²) in [6.07, 6.45) is 0.884. The third-order valence-electron chi connectivity index (χ3n) is 3.98. The second-order valence-corrected chi connectivity index (χ2v) is 5.39. The van der Waals surface area contributed by atoms with Crippen LogP contribution in [0.4, 0.5) is 10.5 Å². The van der Waals surface area contributed by atoms with Gasteiger partial charge in [0.25, 0.3) is 0 Å². The van der Waals surface area contributed by atoms with Crippen molar-refractivity contribution < 1.29 is 9.59 Å². The van der Waals surface area contributed by atoms with E-state index >= 15 is 0 Å². The lowest BCUT2D eigenvalue weighted by Crippen LogP contribution is -2.51. The second kappa shape index (κ2) is 6.61. The summed E-state index contributed by atoms with van der Waals surface area (Å²) in [5.74, 6) is 0.0715. The molecule has 1 aromatic carbocycles. The predicted octanol–water partition coefficient (Wildman–Crippen LogP) is 2.25. The minimum absolute atomic E-state index is 0.0715. The summed E-state index contributed by atoms with van der Waals surface area (Å²) in [6, 6.07) is 5.97. The number of amides is 3. The first kappa shape index (κ1) is 15.4. The van der Waals surface area contributed by atoms with Crippen molar-refractivity contribution >= 4 is 17.6 Å². The fraction of sp³-hybridized carbons (Fsp3) is 0.500. The van der Waals surface area contributed by atoms with Crippen molar-refractivity contribution in [3.63, 3.8) is 0 Å². The zero-order valence-electron chi connectivity index (χ0n) is 13.0. The molecule has 1 aliphatic heterocycles. The van der Waals surface area contributed by atoms with Crippen molar-refractivity contribution in [2.75, 3.05) is 31.5 Å². The molecule has 1 N–H and O–H groups in total. The molecule has 5 heteroatoms. The van der Waals surface area contributed by atoms with Gasteiger partial charge in [-0.25, -0.2) is 4.79 Å². The van der Waals surface area contributed by atoms with Gasteiger partial charge in [-0.2, -0.15) is 0 Å². The number of carbonyl (C=O) groups excluding carboxylic acids is 2. The summed E-state index contributed by atoms with van der Waals surface area (Å²) >= 11 is 0. The molecule has 3 amide bonds. The minimum atomic E-state index is -0.0813. The number of aryl methyl sites for hydroxylation is 2. The van der Waals surface area contributed by atoms with Crippen LogP contribution in [0.25, 0.3) is 0 Å². The second-order valence-electron chi connectivity index (χ2n) is 5.39. The van der Waals surface area contributed by atoms with Crippen molar-refractivity contribution in [2.24, 2.45) is 0 Å². The van der Waals surface area contributed by atoms with Crippen LogP contribution < -0.4 is 5.32 Å². The van der Waals surface area contributed by atoms with Gasteiger partial charge in [0.15, 0.2) is 0 Å². The van der Waals surface area contributed by atoms with E-state index in [9.17, 15) is 9.59 Å². The molecule has 0 atom stereocenters. The molecule has 1 heterocycles. The highest BCUT2D eigenvalue weighted by Gasteiger charge is 2.22. The number of hydrogen-bond donors (Lipinski definition) is 1. The number of urea groups is 1. The van der Waals surface area contributed by atoms with Crippen LogP contribution in [0.2, 0.25) is 0 Å². The number of rotatable bonds is 2. The van der Waals surface area contributed by atoms with Gasteiger partial charge < -0.3 is 15.1 Å². The molecule has 0 spiro atoms. The Morgan fingerprint density at radius 2 is 1.76 bits per heavy atom. The molecule has 1 saturated heterocycles. The van der Waals surface area contributed by atoms with Crippen LogP contribution in [-0.2, 0) is 11.2 Å².